The molecule has 6 nitrogen and oxygen atoms in total. The van der Waals surface area contributed by atoms with Crippen molar-refractivity contribution >= 4 is 15.8 Å². The van der Waals surface area contributed by atoms with Crippen LogP contribution in [0.4, 0.5) is 0 Å². The number of hydrogen-bond donors (Lipinski definition) is 2. The summed E-state index contributed by atoms with van der Waals surface area (Å²) in [7, 11) is -3.13. The molecular formula is C21H36N4O2S. The van der Waals surface area contributed by atoms with Gasteiger partial charge in [0.1, 0.15) is 0 Å². The van der Waals surface area contributed by atoms with Gasteiger partial charge in [-0.15, -0.1) is 0 Å². The third-order valence-electron chi connectivity index (χ3n) is 5.22. The number of sulfone groups is 1. The molecule has 2 N–H and O–H groups in total. The van der Waals surface area contributed by atoms with Gasteiger partial charge < -0.3 is 15.5 Å². The molecule has 28 heavy (non-hydrogen) atoms. The van der Waals surface area contributed by atoms with Gasteiger partial charge in [0.05, 0.1) is 4.90 Å². The lowest BCUT2D eigenvalue weighted by Gasteiger charge is -2.33. The smallest absolute Gasteiger partial charge is 0.191 e. The maximum absolute atomic E-state index is 11.5. The SMILES string of the molecule is CCNC(=NCCCN1CCCCC1C)NCCc1ccc(S(C)(=O)=O)cc1. The summed E-state index contributed by atoms with van der Waals surface area (Å²) >= 11 is 0. The van der Waals surface area contributed by atoms with E-state index < -0.39 is 9.84 Å². The molecule has 0 spiro atoms. The minimum atomic E-state index is -3.13. The first-order valence-electron chi connectivity index (χ1n) is 10.5. The molecule has 7 heteroatoms. The Morgan fingerprint density at radius 3 is 2.61 bits per heavy atom. The number of piperidine rings is 1. The quantitative estimate of drug-likeness (QED) is 0.373. The maximum Gasteiger partial charge on any atom is 0.191 e. The van der Waals surface area contributed by atoms with E-state index in [1.54, 1.807) is 12.1 Å². The Morgan fingerprint density at radius 2 is 1.96 bits per heavy atom. The topological polar surface area (TPSA) is 73.8 Å². The fourth-order valence-corrected chi connectivity index (χ4v) is 4.16. The molecule has 1 fully saturated rings. The van der Waals surface area contributed by atoms with E-state index in [4.69, 9.17) is 0 Å². The van der Waals surface area contributed by atoms with Gasteiger partial charge in [0.25, 0.3) is 0 Å². The summed E-state index contributed by atoms with van der Waals surface area (Å²) in [6.07, 6.45) is 7.13. The minimum absolute atomic E-state index is 0.363. The van der Waals surface area contributed by atoms with E-state index in [1.165, 1.54) is 32.1 Å². The van der Waals surface area contributed by atoms with Gasteiger partial charge in [-0.05, 0) is 63.8 Å². The first-order chi connectivity index (χ1) is 13.4. The molecule has 1 atom stereocenters. The van der Waals surface area contributed by atoms with E-state index >= 15 is 0 Å². The van der Waals surface area contributed by atoms with E-state index in [-0.39, 0.29) is 0 Å². The Morgan fingerprint density at radius 1 is 1.21 bits per heavy atom. The van der Waals surface area contributed by atoms with Crippen LogP contribution in [0.5, 0.6) is 0 Å². The van der Waals surface area contributed by atoms with Gasteiger partial charge in [-0.2, -0.15) is 0 Å². The van der Waals surface area contributed by atoms with Crippen molar-refractivity contribution in [2.45, 2.75) is 56.9 Å². The fourth-order valence-electron chi connectivity index (χ4n) is 3.52. The summed E-state index contributed by atoms with van der Waals surface area (Å²) in [6.45, 7) is 9.15. The standard InChI is InChI=1S/C21H36N4O2S/c1-4-22-21(23-14-7-17-25-16-6-5-8-18(25)2)24-15-13-19-9-11-20(12-10-19)28(3,26)27/h9-12,18H,4-8,13-17H2,1-3H3,(H2,22,23,24). The van der Waals surface area contributed by atoms with E-state index in [0.29, 0.717) is 10.9 Å². The second-order valence-corrected chi connectivity index (χ2v) is 9.60. The average molecular weight is 409 g/mol. The van der Waals surface area contributed by atoms with Crippen LogP contribution in [0.3, 0.4) is 0 Å². The van der Waals surface area contributed by atoms with Crippen LogP contribution in [0.25, 0.3) is 0 Å². The molecule has 1 aliphatic rings. The zero-order valence-electron chi connectivity index (χ0n) is 17.6. The van der Waals surface area contributed by atoms with Crippen molar-refractivity contribution in [3.8, 4) is 0 Å². The number of guanidine groups is 1. The van der Waals surface area contributed by atoms with Gasteiger partial charge in [-0.3, -0.25) is 4.99 Å². The van der Waals surface area contributed by atoms with Gasteiger partial charge in [-0.25, -0.2) is 8.42 Å². The first-order valence-corrected chi connectivity index (χ1v) is 12.3. The largest absolute Gasteiger partial charge is 0.357 e. The molecule has 0 radical (unpaired) electrons. The van der Waals surface area contributed by atoms with Gasteiger partial charge in [0.2, 0.25) is 0 Å². The van der Waals surface area contributed by atoms with Crippen molar-refractivity contribution in [3.63, 3.8) is 0 Å². The number of aliphatic imine (C=N–C) groups is 1. The summed E-state index contributed by atoms with van der Waals surface area (Å²) < 4.78 is 23.0. The molecule has 1 aliphatic heterocycles. The Bertz CT molecular complexity index is 716. The van der Waals surface area contributed by atoms with Crippen molar-refractivity contribution in [2.75, 3.05) is 39.0 Å². The summed E-state index contributed by atoms with van der Waals surface area (Å²) in [4.78, 5) is 7.63. The van der Waals surface area contributed by atoms with Crippen molar-refractivity contribution in [3.05, 3.63) is 29.8 Å². The second kappa shape index (κ2) is 11.4. The second-order valence-electron chi connectivity index (χ2n) is 7.59. The van der Waals surface area contributed by atoms with E-state index in [9.17, 15) is 8.42 Å². The Hall–Kier alpha value is -1.60. The minimum Gasteiger partial charge on any atom is -0.357 e. The molecule has 0 aliphatic carbocycles. The monoisotopic (exact) mass is 408 g/mol. The molecule has 0 aromatic heterocycles. The highest BCUT2D eigenvalue weighted by molar-refractivity contribution is 7.90. The lowest BCUT2D eigenvalue weighted by molar-refractivity contribution is 0.160. The van der Waals surface area contributed by atoms with E-state index in [1.807, 2.05) is 12.1 Å². The van der Waals surface area contributed by atoms with Crippen LogP contribution in [0.1, 0.15) is 45.1 Å². The first kappa shape index (κ1) is 22.7. The number of benzene rings is 1. The Kier molecular flexibility index (Phi) is 9.25. The lowest BCUT2D eigenvalue weighted by Crippen LogP contribution is -2.39. The van der Waals surface area contributed by atoms with Crippen LogP contribution in [0.15, 0.2) is 34.2 Å². The zero-order valence-corrected chi connectivity index (χ0v) is 18.4. The zero-order chi connectivity index (χ0) is 20.4. The van der Waals surface area contributed by atoms with Gasteiger partial charge in [0, 0.05) is 38.5 Å². The molecule has 0 saturated carbocycles. The number of likely N-dealkylation sites (tertiary alicyclic amines) is 1. The van der Waals surface area contributed by atoms with Crippen LogP contribution >= 0.6 is 0 Å². The van der Waals surface area contributed by atoms with Crippen molar-refractivity contribution < 1.29 is 8.42 Å². The molecule has 1 aromatic carbocycles. The molecule has 0 bridgehead atoms. The van der Waals surface area contributed by atoms with Gasteiger partial charge in [-0.1, -0.05) is 18.6 Å². The molecular weight excluding hydrogens is 372 g/mol. The third kappa shape index (κ3) is 7.80. The highest BCUT2D eigenvalue weighted by atomic mass is 32.2. The predicted molar refractivity (Wildman–Crippen MR) is 117 cm³/mol. The molecule has 1 aromatic rings. The Balaban J connectivity index is 1.74. The highest BCUT2D eigenvalue weighted by Gasteiger charge is 2.17. The van der Waals surface area contributed by atoms with Crippen molar-refractivity contribution in [1.29, 1.82) is 0 Å². The van der Waals surface area contributed by atoms with Crippen LogP contribution in [0, 0.1) is 0 Å². The average Bonchev–Trinajstić information content (AvgIpc) is 2.66. The van der Waals surface area contributed by atoms with Crippen molar-refractivity contribution in [1.82, 2.24) is 15.5 Å². The number of rotatable bonds is 9. The van der Waals surface area contributed by atoms with Gasteiger partial charge in [0.15, 0.2) is 15.8 Å². The van der Waals surface area contributed by atoms with Crippen LogP contribution < -0.4 is 10.6 Å². The van der Waals surface area contributed by atoms with Crippen LogP contribution in [-0.2, 0) is 16.3 Å². The molecule has 0 amide bonds. The predicted octanol–water partition coefficient (Wildman–Crippen LogP) is 2.45. The summed E-state index contributed by atoms with van der Waals surface area (Å²) in [5.41, 5.74) is 1.11. The van der Waals surface area contributed by atoms with Crippen LogP contribution in [-0.4, -0.2) is 64.3 Å². The van der Waals surface area contributed by atoms with Crippen molar-refractivity contribution in [2.24, 2.45) is 4.99 Å². The third-order valence-corrected chi connectivity index (χ3v) is 6.34. The van der Waals surface area contributed by atoms with Gasteiger partial charge >= 0.3 is 0 Å². The van der Waals surface area contributed by atoms with E-state index in [2.05, 4.69) is 34.4 Å². The molecule has 2 rings (SSSR count). The molecule has 1 heterocycles. The Labute approximate surface area is 170 Å². The van der Waals surface area contributed by atoms with E-state index in [0.717, 1.165) is 50.5 Å². The van der Waals surface area contributed by atoms with Crippen LogP contribution in [0.2, 0.25) is 0 Å². The summed E-state index contributed by atoms with van der Waals surface area (Å²) in [5, 5.41) is 6.66. The normalized spacial score (nSPS) is 18.8. The maximum atomic E-state index is 11.5. The summed E-state index contributed by atoms with van der Waals surface area (Å²) in [6, 6.07) is 7.80. The molecule has 1 unspecified atom stereocenters. The highest BCUT2D eigenvalue weighted by Crippen LogP contribution is 2.16. The fraction of sp³-hybridized carbons (Fsp3) is 0.667. The summed E-state index contributed by atoms with van der Waals surface area (Å²) in [5.74, 6) is 0.849. The molecule has 1 saturated heterocycles. The number of nitrogens with zero attached hydrogens (tertiary/aromatic N) is 2. The lowest BCUT2D eigenvalue weighted by atomic mass is 10.0. The molecule has 158 valence electrons. The number of hydrogen-bond acceptors (Lipinski definition) is 4. The number of nitrogens with one attached hydrogen (secondary N) is 2.